The lowest BCUT2D eigenvalue weighted by molar-refractivity contribution is 0.191. The van der Waals surface area contributed by atoms with Gasteiger partial charge in [0.25, 0.3) is 0 Å². The average molecular weight is 401 g/mol. The van der Waals surface area contributed by atoms with Gasteiger partial charge in [0.2, 0.25) is 0 Å². The number of aliphatic hydroxyl groups excluding tert-OH is 1. The van der Waals surface area contributed by atoms with Gasteiger partial charge in [0.05, 0.1) is 6.10 Å². The first-order valence-corrected chi connectivity index (χ1v) is 9.54. The number of anilines is 1. The Morgan fingerprint density at radius 1 is 1.04 bits per heavy atom. The Morgan fingerprint density at radius 3 is 2.52 bits per heavy atom. The fraction of sp³-hybridized carbons (Fsp3) is 0.250. The van der Waals surface area contributed by atoms with Gasteiger partial charge in [0.1, 0.15) is 5.82 Å². The van der Waals surface area contributed by atoms with Gasteiger partial charge in [-0.15, -0.1) is 0 Å². The van der Waals surface area contributed by atoms with Gasteiger partial charge in [0, 0.05) is 45.8 Å². The van der Waals surface area contributed by atoms with Crippen LogP contribution >= 0.6 is 23.2 Å². The minimum Gasteiger partial charge on any atom is -0.387 e. The highest BCUT2D eigenvalue weighted by Gasteiger charge is 2.20. The van der Waals surface area contributed by atoms with E-state index in [0.29, 0.717) is 28.0 Å². The van der Waals surface area contributed by atoms with Crippen molar-refractivity contribution in [2.24, 2.45) is 0 Å². The fourth-order valence-electron chi connectivity index (χ4n) is 3.29. The Balaban J connectivity index is 1.59. The molecule has 138 valence electrons. The second-order valence-electron chi connectivity index (χ2n) is 6.51. The minimum absolute atomic E-state index is 0.301. The van der Waals surface area contributed by atoms with Crippen molar-refractivity contribution in [1.29, 1.82) is 0 Å². The van der Waals surface area contributed by atoms with Gasteiger partial charge in [0.15, 0.2) is 5.82 Å². The molecule has 2 N–H and O–H groups in total. The molecule has 0 radical (unpaired) electrons. The molecule has 1 aromatic carbocycles. The number of aliphatic hydroxyl groups is 1. The van der Waals surface area contributed by atoms with Crippen LogP contribution < -0.4 is 5.32 Å². The van der Waals surface area contributed by atoms with Crippen LogP contribution in [0.2, 0.25) is 10.0 Å². The Morgan fingerprint density at radius 2 is 1.78 bits per heavy atom. The highest BCUT2D eigenvalue weighted by molar-refractivity contribution is 6.34. The number of benzene rings is 1. The first kappa shape index (κ1) is 18.2. The van der Waals surface area contributed by atoms with Gasteiger partial charge < -0.3 is 10.4 Å². The van der Waals surface area contributed by atoms with Crippen molar-refractivity contribution in [3.8, 4) is 11.4 Å². The van der Waals surface area contributed by atoms with E-state index in [1.165, 1.54) is 0 Å². The highest BCUT2D eigenvalue weighted by atomic mass is 35.5. The van der Waals surface area contributed by atoms with Crippen LogP contribution in [-0.4, -0.2) is 26.6 Å². The zero-order valence-electron chi connectivity index (χ0n) is 14.5. The fourth-order valence-corrected chi connectivity index (χ4v) is 3.83. The van der Waals surface area contributed by atoms with Crippen LogP contribution in [0, 0.1) is 0 Å². The maximum atomic E-state index is 10.5. The predicted molar refractivity (Wildman–Crippen MR) is 107 cm³/mol. The lowest BCUT2D eigenvalue weighted by Crippen LogP contribution is -2.15. The van der Waals surface area contributed by atoms with E-state index in [4.69, 9.17) is 33.2 Å². The summed E-state index contributed by atoms with van der Waals surface area (Å²) in [6.07, 6.45) is 5.64. The van der Waals surface area contributed by atoms with E-state index >= 15 is 0 Å². The molecule has 0 fully saturated rings. The monoisotopic (exact) mass is 400 g/mol. The van der Waals surface area contributed by atoms with E-state index in [1.54, 1.807) is 30.6 Å². The Bertz CT molecular complexity index is 945. The Hall–Kier alpha value is -2.21. The maximum absolute atomic E-state index is 10.5. The zero-order chi connectivity index (χ0) is 18.8. The first-order valence-electron chi connectivity index (χ1n) is 8.78. The molecule has 2 aromatic heterocycles. The van der Waals surface area contributed by atoms with Gasteiger partial charge in [-0.2, -0.15) is 0 Å². The van der Waals surface area contributed by atoms with Crippen LogP contribution in [0.25, 0.3) is 11.4 Å². The van der Waals surface area contributed by atoms with Crippen LogP contribution in [0.5, 0.6) is 0 Å². The normalized spacial score (nSPS) is 14.0. The summed E-state index contributed by atoms with van der Waals surface area (Å²) in [5, 5.41) is 14.8. The van der Waals surface area contributed by atoms with E-state index in [-0.39, 0.29) is 0 Å². The topological polar surface area (TPSA) is 70.9 Å². The summed E-state index contributed by atoms with van der Waals surface area (Å²) in [5.41, 5.74) is 3.79. The number of hydrogen-bond donors (Lipinski definition) is 2. The molecule has 0 bridgehead atoms. The molecule has 2 heterocycles. The van der Waals surface area contributed by atoms with Crippen LogP contribution in [0.4, 0.5) is 5.82 Å². The van der Waals surface area contributed by atoms with E-state index in [0.717, 1.165) is 41.9 Å². The molecule has 7 heteroatoms. The second kappa shape index (κ2) is 7.80. The highest BCUT2D eigenvalue weighted by Crippen LogP contribution is 2.30. The van der Waals surface area contributed by atoms with Crippen molar-refractivity contribution in [3.05, 3.63) is 69.6 Å². The molecular formula is C20H18Cl2N4O. The predicted octanol–water partition coefficient (Wildman–Crippen LogP) is 4.48. The SMILES string of the molecule is OC(CNc1nc(-c2ccncc2)nc2c1CCC2)c1cc(Cl)cc(Cl)c1. The van der Waals surface area contributed by atoms with Gasteiger partial charge in [-0.1, -0.05) is 23.2 Å². The summed E-state index contributed by atoms with van der Waals surface area (Å²) in [4.78, 5) is 13.5. The molecular weight excluding hydrogens is 383 g/mol. The van der Waals surface area contributed by atoms with Crippen molar-refractivity contribution in [2.75, 3.05) is 11.9 Å². The van der Waals surface area contributed by atoms with Crippen molar-refractivity contribution >= 4 is 29.0 Å². The van der Waals surface area contributed by atoms with E-state index in [9.17, 15) is 5.11 Å². The van der Waals surface area contributed by atoms with E-state index in [1.807, 2.05) is 12.1 Å². The maximum Gasteiger partial charge on any atom is 0.161 e. The summed E-state index contributed by atoms with van der Waals surface area (Å²) >= 11 is 12.1. The number of aromatic nitrogens is 3. The van der Waals surface area contributed by atoms with Gasteiger partial charge in [-0.25, -0.2) is 9.97 Å². The lowest BCUT2D eigenvalue weighted by Gasteiger charge is -2.16. The van der Waals surface area contributed by atoms with Gasteiger partial charge in [-0.05, 0) is 55.2 Å². The minimum atomic E-state index is -0.752. The summed E-state index contributed by atoms with van der Waals surface area (Å²) in [7, 11) is 0. The van der Waals surface area contributed by atoms with Crippen molar-refractivity contribution in [3.63, 3.8) is 0 Å². The largest absolute Gasteiger partial charge is 0.387 e. The number of nitrogens with zero attached hydrogens (tertiary/aromatic N) is 3. The molecule has 1 aliphatic rings. The molecule has 0 saturated carbocycles. The standard InChI is InChI=1S/C20H18Cl2N4O/c21-14-8-13(9-15(22)10-14)18(27)11-24-20-16-2-1-3-17(16)25-19(26-20)12-4-6-23-7-5-12/h4-10,18,27H,1-3,11H2,(H,24,25,26). The molecule has 3 aromatic rings. The second-order valence-corrected chi connectivity index (χ2v) is 7.38. The lowest BCUT2D eigenvalue weighted by atomic mass is 10.1. The molecule has 4 rings (SSSR count). The van der Waals surface area contributed by atoms with Crippen LogP contribution in [0.1, 0.15) is 29.3 Å². The number of halogens is 2. The molecule has 5 nitrogen and oxygen atoms in total. The quantitative estimate of drug-likeness (QED) is 0.660. The molecule has 0 amide bonds. The third-order valence-electron chi connectivity index (χ3n) is 4.60. The first-order chi connectivity index (χ1) is 13.1. The smallest absolute Gasteiger partial charge is 0.161 e. The number of aryl methyl sites for hydroxylation is 1. The van der Waals surface area contributed by atoms with Gasteiger partial charge in [-0.3, -0.25) is 4.98 Å². The number of fused-ring (bicyclic) bond motifs is 1. The third kappa shape index (κ3) is 4.05. The molecule has 1 atom stereocenters. The molecule has 27 heavy (non-hydrogen) atoms. The number of nitrogens with one attached hydrogen (secondary N) is 1. The van der Waals surface area contributed by atoms with E-state index < -0.39 is 6.10 Å². The molecule has 1 aliphatic carbocycles. The molecule has 0 aliphatic heterocycles. The number of hydrogen-bond acceptors (Lipinski definition) is 5. The Labute approximate surface area is 167 Å². The van der Waals surface area contributed by atoms with Crippen LogP contribution in [-0.2, 0) is 12.8 Å². The molecule has 0 saturated heterocycles. The molecule has 0 spiro atoms. The average Bonchev–Trinajstić information content (AvgIpc) is 3.14. The summed E-state index contributed by atoms with van der Waals surface area (Å²) in [6, 6.07) is 8.86. The third-order valence-corrected chi connectivity index (χ3v) is 5.04. The Kier molecular flexibility index (Phi) is 5.25. The summed E-state index contributed by atoms with van der Waals surface area (Å²) in [5.74, 6) is 1.44. The number of pyridine rings is 1. The van der Waals surface area contributed by atoms with Crippen molar-refractivity contribution in [2.45, 2.75) is 25.4 Å². The van der Waals surface area contributed by atoms with Crippen LogP contribution in [0.15, 0.2) is 42.7 Å². The van der Waals surface area contributed by atoms with Gasteiger partial charge >= 0.3 is 0 Å². The van der Waals surface area contributed by atoms with E-state index in [2.05, 4.69) is 10.3 Å². The zero-order valence-corrected chi connectivity index (χ0v) is 16.0. The van der Waals surface area contributed by atoms with Crippen LogP contribution in [0.3, 0.4) is 0 Å². The summed E-state index contributed by atoms with van der Waals surface area (Å²) in [6.45, 7) is 0.301. The molecule has 1 unspecified atom stereocenters. The summed E-state index contributed by atoms with van der Waals surface area (Å²) < 4.78 is 0. The van der Waals surface area contributed by atoms with Crippen molar-refractivity contribution < 1.29 is 5.11 Å². The number of rotatable bonds is 5. The van der Waals surface area contributed by atoms with Crippen molar-refractivity contribution in [1.82, 2.24) is 15.0 Å².